The first-order chi connectivity index (χ1) is 8.36. The van der Waals surface area contributed by atoms with Crippen molar-refractivity contribution in [1.82, 2.24) is 15.0 Å². The lowest BCUT2D eigenvalue weighted by Gasteiger charge is -2.12. The van der Waals surface area contributed by atoms with Crippen LogP contribution in [-0.4, -0.2) is 21.5 Å². The van der Waals surface area contributed by atoms with Crippen LogP contribution >= 0.6 is 0 Å². The Morgan fingerprint density at radius 2 is 2.18 bits per heavy atom. The Balaban J connectivity index is 2.46. The molecule has 0 aliphatic rings. The van der Waals surface area contributed by atoms with Gasteiger partial charge in [-0.2, -0.15) is 0 Å². The third kappa shape index (κ3) is 2.46. The zero-order valence-corrected chi connectivity index (χ0v) is 10.3. The number of hydrogen-bond donors (Lipinski definition) is 2. The number of aromatic amines is 1. The van der Waals surface area contributed by atoms with E-state index in [2.05, 4.69) is 34.1 Å². The molecule has 0 spiro atoms. The summed E-state index contributed by atoms with van der Waals surface area (Å²) in [6.45, 7) is 5.12. The molecule has 90 valence electrons. The predicted molar refractivity (Wildman–Crippen MR) is 70.0 cm³/mol. The normalized spacial score (nSPS) is 10.5. The summed E-state index contributed by atoms with van der Waals surface area (Å²) in [4.78, 5) is 11.9. The third-order valence-corrected chi connectivity index (χ3v) is 2.64. The summed E-state index contributed by atoms with van der Waals surface area (Å²) in [6.07, 6.45) is 5.60. The van der Waals surface area contributed by atoms with Crippen molar-refractivity contribution in [2.75, 3.05) is 11.9 Å². The summed E-state index contributed by atoms with van der Waals surface area (Å²) in [6, 6.07) is 4.03. The topological polar surface area (TPSA) is 53.6 Å². The van der Waals surface area contributed by atoms with Crippen LogP contribution < -0.4 is 5.32 Å². The van der Waals surface area contributed by atoms with Crippen molar-refractivity contribution in [1.29, 1.82) is 0 Å². The number of hydrogen-bond acceptors (Lipinski definition) is 3. The summed E-state index contributed by atoms with van der Waals surface area (Å²) in [7, 11) is 0. The molecule has 0 aliphatic carbocycles. The first kappa shape index (κ1) is 11.6. The summed E-state index contributed by atoms with van der Waals surface area (Å²) >= 11 is 0. The lowest BCUT2D eigenvalue weighted by atomic mass is 10.1. The monoisotopic (exact) mass is 230 g/mol. The van der Waals surface area contributed by atoms with Gasteiger partial charge in [-0.25, -0.2) is 9.97 Å². The smallest absolute Gasteiger partial charge is 0.133 e. The van der Waals surface area contributed by atoms with E-state index in [9.17, 15) is 0 Å². The van der Waals surface area contributed by atoms with Gasteiger partial charge in [0, 0.05) is 18.3 Å². The van der Waals surface area contributed by atoms with Crippen LogP contribution in [0.3, 0.4) is 0 Å². The molecule has 2 N–H and O–H groups in total. The molecule has 0 fully saturated rings. The van der Waals surface area contributed by atoms with E-state index in [1.165, 1.54) is 5.56 Å². The van der Waals surface area contributed by atoms with Crippen LogP contribution in [-0.2, 0) is 6.42 Å². The fourth-order valence-electron chi connectivity index (χ4n) is 1.93. The summed E-state index contributed by atoms with van der Waals surface area (Å²) in [5.41, 5.74) is 3.25. The minimum atomic E-state index is 0.873. The van der Waals surface area contributed by atoms with Crippen LogP contribution in [0.2, 0.25) is 0 Å². The predicted octanol–water partition coefficient (Wildman–Crippen LogP) is 2.86. The highest BCUT2D eigenvalue weighted by Crippen LogP contribution is 2.25. The second-order valence-electron chi connectivity index (χ2n) is 3.91. The van der Waals surface area contributed by atoms with Gasteiger partial charge in [0.05, 0.1) is 11.4 Å². The number of anilines is 1. The molecule has 2 rings (SSSR count). The maximum atomic E-state index is 4.40. The Morgan fingerprint density at radius 1 is 1.29 bits per heavy atom. The highest BCUT2D eigenvalue weighted by Gasteiger charge is 2.12. The first-order valence-corrected chi connectivity index (χ1v) is 6.08. The average Bonchev–Trinajstić information content (AvgIpc) is 2.85. The molecular formula is C13H18N4. The number of H-pyrrole nitrogens is 1. The van der Waals surface area contributed by atoms with E-state index in [0.29, 0.717) is 0 Å². The van der Waals surface area contributed by atoms with Gasteiger partial charge < -0.3 is 10.3 Å². The maximum absolute atomic E-state index is 4.40. The fraction of sp³-hybridized carbons (Fsp3) is 0.385. The molecule has 0 radical (unpaired) electrons. The van der Waals surface area contributed by atoms with Gasteiger partial charge in [-0.05, 0) is 25.5 Å². The van der Waals surface area contributed by atoms with Crippen molar-refractivity contribution in [2.24, 2.45) is 0 Å². The van der Waals surface area contributed by atoms with E-state index < -0.39 is 0 Å². The molecule has 2 heterocycles. The van der Waals surface area contributed by atoms with Crippen molar-refractivity contribution in [3.63, 3.8) is 0 Å². The standard InChI is InChI=1S/C13H18N4/c1-3-6-10-12(11-7-5-8-15-11)16-9-17-13(10)14-4-2/h5,7-9,15H,3-4,6H2,1-2H3,(H,14,16,17). The van der Waals surface area contributed by atoms with E-state index in [1.54, 1.807) is 6.33 Å². The van der Waals surface area contributed by atoms with Gasteiger partial charge in [0.25, 0.3) is 0 Å². The lowest BCUT2D eigenvalue weighted by Crippen LogP contribution is -2.06. The molecule has 2 aromatic heterocycles. The van der Waals surface area contributed by atoms with Gasteiger partial charge in [-0.3, -0.25) is 0 Å². The second-order valence-corrected chi connectivity index (χ2v) is 3.91. The minimum Gasteiger partial charge on any atom is -0.370 e. The van der Waals surface area contributed by atoms with E-state index in [-0.39, 0.29) is 0 Å². The number of rotatable bonds is 5. The summed E-state index contributed by atoms with van der Waals surface area (Å²) < 4.78 is 0. The molecule has 4 heteroatoms. The molecule has 0 saturated carbocycles. The van der Waals surface area contributed by atoms with Crippen LogP contribution in [0.25, 0.3) is 11.4 Å². The van der Waals surface area contributed by atoms with Gasteiger partial charge in [0.15, 0.2) is 0 Å². The zero-order valence-electron chi connectivity index (χ0n) is 10.3. The Bertz CT molecular complexity index is 462. The molecule has 0 amide bonds. The Labute approximate surface area is 102 Å². The molecule has 0 saturated heterocycles. The minimum absolute atomic E-state index is 0.873. The van der Waals surface area contributed by atoms with Crippen molar-refractivity contribution in [2.45, 2.75) is 26.7 Å². The molecule has 0 bridgehead atoms. The molecule has 4 nitrogen and oxygen atoms in total. The van der Waals surface area contributed by atoms with Crippen LogP contribution in [0.5, 0.6) is 0 Å². The van der Waals surface area contributed by atoms with E-state index in [1.807, 2.05) is 18.3 Å². The van der Waals surface area contributed by atoms with Crippen LogP contribution in [0.4, 0.5) is 5.82 Å². The van der Waals surface area contributed by atoms with Crippen LogP contribution in [0.1, 0.15) is 25.8 Å². The molecule has 0 atom stereocenters. The van der Waals surface area contributed by atoms with Gasteiger partial charge >= 0.3 is 0 Å². The molecule has 17 heavy (non-hydrogen) atoms. The van der Waals surface area contributed by atoms with Gasteiger partial charge in [-0.15, -0.1) is 0 Å². The summed E-state index contributed by atoms with van der Waals surface area (Å²) in [5, 5.41) is 3.30. The van der Waals surface area contributed by atoms with Crippen molar-refractivity contribution >= 4 is 5.82 Å². The Hall–Kier alpha value is -1.84. The fourth-order valence-corrected chi connectivity index (χ4v) is 1.93. The van der Waals surface area contributed by atoms with E-state index in [0.717, 1.165) is 36.6 Å². The highest BCUT2D eigenvalue weighted by atomic mass is 15.0. The number of nitrogens with one attached hydrogen (secondary N) is 2. The molecule has 0 unspecified atom stereocenters. The van der Waals surface area contributed by atoms with Gasteiger partial charge in [0.2, 0.25) is 0 Å². The quantitative estimate of drug-likeness (QED) is 0.830. The second kappa shape index (κ2) is 5.48. The molecule has 0 aliphatic heterocycles. The van der Waals surface area contributed by atoms with Crippen molar-refractivity contribution in [3.8, 4) is 11.4 Å². The van der Waals surface area contributed by atoms with Crippen LogP contribution in [0, 0.1) is 0 Å². The molecule has 0 aromatic carbocycles. The average molecular weight is 230 g/mol. The Kier molecular flexibility index (Phi) is 3.75. The van der Waals surface area contributed by atoms with Crippen molar-refractivity contribution < 1.29 is 0 Å². The maximum Gasteiger partial charge on any atom is 0.133 e. The lowest BCUT2D eigenvalue weighted by molar-refractivity contribution is 0.901. The molecular weight excluding hydrogens is 212 g/mol. The van der Waals surface area contributed by atoms with Crippen LogP contribution in [0.15, 0.2) is 24.7 Å². The Morgan fingerprint density at radius 3 is 2.82 bits per heavy atom. The highest BCUT2D eigenvalue weighted by molar-refractivity contribution is 5.65. The van der Waals surface area contributed by atoms with E-state index >= 15 is 0 Å². The van der Waals surface area contributed by atoms with Crippen molar-refractivity contribution in [3.05, 3.63) is 30.2 Å². The zero-order chi connectivity index (χ0) is 12.1. The molecule has 2 aromatic rings. The van der Waals surface area contributed by atoms with Gasteiger partial charge in [0.1, 0.15) is 12.1 Å². The van der Waals surface area contributed by atoms with E-state index in [4.69, 9.17) is 0 Å². The van der Waals surface area contributed by atoms with Gasteiger partial charge in [-0.1, -0.05) is 13.3 Å². The first-order valence-electron chi connectivity index (χ1n) is 6.08. The largest absolute Gasteiger partial charge is 0.370 e. The number of nitrogens with zero attached hydrogens (tertiary/aromatic N) is 2. The third-order valence-electron chi connectivity index (χ3n) is 2.64. The summed E-state index contributed by atoms with van der Waals surface area (Å²) in [5.74, 6) is 0.953. The SMILES string of the molecule is CCCc1c(NCC)ncnc1-c1ccc[nH]1. The number of aromatic nitrogens is 3.